The van der Waals surface area contributed by atoms with E-state index in [1.54, 1.807) is 0 Å². The molecular weight excluding hydrogens is 748 g/mol. The molecule has 0 unspecified atom stereocenters. The predicted molar refractivity (Wildman–Crippen MR) is 177 cm³/mol. The van der Waals surface area contributed by atoms with E-state index in [9.17, 15) is 52.7 Å². The minimum Gasteiger partial charge on any atom is -0.337 e. The van der Waals surface area contributed by atoms with Gasteiger partial charge < -0.3 is 21.3 Å². The van der Waals surface area contributed by atoms with Crippen molar-refractivity contribution >= 4 is 46.1 Å². The number of amidine groups is 4. The fourth-order valence-corrected chi connectivity index (χ4v) is 4.87. The van der Waals surface area contributed by atoms with Crippen LogP contribution in [0.5, 0.6) is 0 Å². The van der Waals surface area contributed by atoms with Gasteiger partial charge in [-0.15, -0.1) is 0 Å². The van der Waals surface area contributed by atoms with Crippen molar-refractivity contribution in [3.63, 3.8) is 0 Å². The predicted octanol–water partition coefficient (Wildman–Crippen LogP) is 10.3. The van der Waals surface area contributed by atoms with Gasteiger partial charge in [0.15, 0.2) is 23.3 Å². The van der Waals surface area contributed by atoms with Crippen LogP contribution in [-0.4, -0.2) is 23.3 Å². The lowest BCUT2D eigenvalue weighted by Gasteiger charge is -2.13. The molecule has 4 aromatic carbocycles. The van der Waals surface area contributed by atoms with E-state index in [0.717, 1.165) is 72.8 Å². The van der Waals surface area contributed by atoms with Crippen LogP contribution in [0.15, 0.2) is 129 Å². The minimum absolute atomic E-state index is 0.161. The zero-order valence-corrected chi connectivity index (χ0v) is 26.6. The number of hydrogen-bond donors (Lipinski definition) is 4. The SMILES string of the molecule is FC(F)(F)c1cccc(NC2=NC(=C3N=C(Nc4cccc(C(F)(F)F)c4)C(Nc4cccc(C(F)(F)F)c4)=N3)N=C2Nc2cccc(C(F)(F)F)c2)c1. The first-order valence-electron chi connectivity index (χ1n) is 15.1. The van der Waals surface area contributed by atoms with Gasteiger partial charge in [-0.1, -0.05) is 24.3 Å². The minimum atomic E-state index is -4.74. The van der Waals surface area contributed by atoms with Gasteiger partial charge in [0.05, 0.1) is 22.3 Å². The number of nitrogens with one attached hydrogen (secondary N) is 4. The molecule has 0 radical (unpaired) electrons. The highest BCUT2D eigenvalue weighted by Gasteiger charge is 2.34. The summed E-state index contributed by atoms with van der Waals surface area (Å²) >= 11 is 0. The molecule has 2 aliphatic heterocycles. The first-order valence-corrected chi connectivity index (χ1v) is 15.1. The molecule has 0 saturated carbocycles. The highest BCUT2D eigenvalue weighted by Crippen LogP contribution is 2.35. The van der Waals surface area contributed by atoms with Crippen molar-refractivity contribution in [1.29, 1.82) is 0 Å². The van der Waals surface area contributed by atoms with Gasteiger partial charge in [0.2, 0.25) is 11.6 Å². The second kappa shape index (κ2) is 13.9. The zero-order chi connectivity index (χ0) is 39.1. The van der Waals surface area contributed by atoms with Crippen LogP contribution in [0.3, 0.4) is 0 Å². The summed E-state index contributed by atoms with van der Waals surface area (Å²) in [7, 11) is 0. The second-order valence-electron chi connectivity index (χ2n) is 11.3. The van der Waals surface area contributed by atoms with Gasteiger partial charge in [-0.05, 0) is 72.8 Å². The molecule has 0 aliphatic carbocycles. The Balaban J connectivity index is 1.43. The molecule has 54 heavy (non-hydrogen) atoms. The molecule has 6 rings (SSSR count). The summed E-state index contributed by atoms with van der Waals surface area (Å²) in [4.78, 5) is 16.9. The summed E-state index contributed by atoms with van der Waals surface area (Å²) in [5.74, 6) is -2.05. The summed E-state index contributed by atoms with van der Waals surface area (Å²) in [5, 5.41) is 10.5. The van der Waals surface area contributed by atoms with Crippen LogP contribution in [0.2, 0.25) is 0 Å². The van der Waals surface area contributed by atoms with Gasteiger partial charge in [-0.25, -0.2) is 20.0 Å². The Morgan fingerprint density at radius 3 is 0.704 bits per heavy atom. The maximum Gasteiger partial charge on any atom is 0.416 e. The second-order valence-corrected chi connectivity index (χ2v) is 11.3. The van der Waals surface area contributed by atoms with Gasteiger partial charge in [0, 0.05) is 22.7 Å². The molecule has 20 heteroatoms. The number of nitrogens with zero attached hydrogens (tertiary/aromatic N) is 4. The van der Waals surface area contributed by atoms with Crippen LogP contribution in [0.25, 0.3) is 0 Å². The Kier molecular flexibility index (Phi) is 9.63. The third kappa shape index (κ3) is 8.81. The molecule has 2 aliphatic rings. The fourth-order valence-electron chi connectivity index (χ4n) is 4.87. The van der Waals surface area contributed by atoms with Gasteiger partial charge >= 0.3 is 24.7 Å². The molecule has 0 atom stereocenters. The Labute approximate surface area is 295 Å². The van der Waals surface area contributed by atoms with Crippen molar-refractivity contribution in [1.82, 2.24) is 0 Å². The standard InChI is InChI=1S/C34H20F12N8/c35-31(36,37)17-5-1-9-21(13-17)47-25-26(48-22-10-2-6-18(14-22)32(38,39)40)52-29(51-25)30-53-27(49-23-11-3-7-19(15-23)33(41,42)43)28(54-30)50-24-12-4-8-20(16-24)34(44,45)46/h1-16H,(H,47,51)(H,48,52)(H,49,53)(H,50,54). The lowest BCUT2D eigenvalue weighted by Crippen LogP contribution is -2.27. The van der Waals surface area contributed by atoms with Crippen LogP contribution in [0.4, 0.5) is 75.4 Å². The largest absolute Gasteiger partial charge is 0.416 e. The van der Waals surface area contributed by atoms with Crippen molar-refractivity contribution in [2.45, 2.75) is 24.7 Å². The first-order chi connectivity index (χ1) is 25.2. The summed E-state index contributed by atoms with van der Waals surface area (Å²) in [6.45, 7) is 0. The molecule has 0 aromatic heterocycles. The van der Waals surface area contributed by atoms with Gasteiger partial charge in [-0.2, -0.15) is 52.7 Å². The van der Waals surface area contributed by atoms with Crippen molar-refractivity contribution < 1.29 is 52.7 Å². The number of benzene rings is 4. The average molecular weight is 769 g/mol. The molecule has 0 saturated heterocycles. The first kappa shape index (κ1) is 37.4. The van der Waals surface area contributed by atoms with Gasteiger partial charge in [0.1, 0.15) is 0 Å². The molecule has 4 aromatic rings. The van der Waals surface area contributed by atoms with Crippen molar-refractivity contribution in [3.8, 4) is 0 Å². The third-order valence-corrected chi connectivity index (χ3v) is 7.33. The summed E-state index contributed by atoms with van der Waals surface area (Å²) in [5.41, 5.74) is -4.83. The van der Waals surface area contributed by atoms with E-state index >= 15 is 0 Å². The number of alkyl halides is 12. The van der Waals surface area contributed by atoms with Crippen LogP contribution < -0.4 is 21.3 Å². The summed E-state index contributed by atoms with van der Waals surface area (Å²) < 4.78 is 161. The van der Waals surface area contributed by atoms with Crippen molar-refractivity contribution in [2.75, 3.05) is 21.3 Å². The number of rotatable bonds is 4. The van der Waals surface area contributed by atoms with Crippen LogP contribution in [0.1, 0.15) is 22.3 Å². The van der Waals surface area contributed by atoms with Crippen LogP contribution in [-0.2, 0) is 24.7 Å². The lowest BCUT2D eigenvalue weighted by atomic mass is 10.2. The van der Waals surface area contributed by atoms with E-state index in [1.807, 2.05) is 0 Å². The van der Waals surface area contributed by atoms with Crippen molar-refractivity contribution in [2.24, 2.45) is 20.0 Å². The van der Waals surface area contributed by atoms with Crippen molar-refractivity contribution in [3.05, 3.63) is 131 Å². The number of aliphatic imine (C=N–C) groups is 4. The van der Waals surface area contributed by atoms with Gasteiger partial charge in [0.25, 0.3) is 0 Å². The number of halogens is 12. The molecule has 280 valence electrons. The van der Waals surface area contributed by atoms with E-state index in [-0.39, 0.29) is 46.1 Å². The van der Waals surface area contributed by atoms with E-state index in [0.29, 0.717) is 0 Å². The lowest BCUT2D eigenvalue weighted by molar-refractivity contribution is -0.138. The smallest absolute Gasteiger partial charge is 0.337 e. The van der Waals surface area contributed by atoms with Crippen LogP contribution >= 0.6 is 0 Å². The third-order valence-electron chi connectivity index (χ3n) is 7.33. The molecule has 8 nitrogen and oxygen atoms in total. The number of anilines is 4. The topological polar surface area (TPSA) is 97.6 Å². The Morgan fingerprint density at radius 1 is 0.315 bits per heavy atom. The molecule has 0 bridgehead atoms. The highest BCUT2D eigenvalue weighted by molar-refractivity contribution is 6.51. The summed E-state index contributed by atoms with van der Waals surface area (Å²) in [6.07, 6.45) is -19.0. The summed E-state index contributed by atoms with van der Waals surface area (Å²) in [6, 6.07) is 15.4. The fraction of sp³-hybridized carbons (Fsp3) is 0.118. The molecule has 4 N–H and O–H groups in total. The maximum atomic E-state index is 13.4. The zero-order valence-electron chi connectivity index (χ0n) is 26.6. The van der Waals surface area contributed by atoms with E-state index in [2.05, 4.69) is 41.2 Å². The average Bonchev–Trinajstić information content (AvgIpc) is 3.67. The van der Waals surface area contributed by atoms with E-state index < -0.39 is 58.6 Å². The number of hydrogen-bond acceptors (Lipinski definition) is 8. The van der Waals surface area contributed by atoms with Crippen LogP contribution in [0, 0.1) is 0 Å². The highest BCUT2D eigenvalue weighted by atomic mass is 19.4. The normalized spacial score (nSPS) is 15.0. The Morgan fingerprint density at radius 2 is 0.519 bits per heavy atom. The molecular formula is C34H20F12N8. The van der Waals surface area contributed by atoms with E-state index in [4.69, 9.17) is 0 Å². The molecule has 2 heterocycles. The molecule has 0 amide bonds. The quantitative estimate of drug-likeness (QED) is 0.156. The Bertz CT molecular complexity index is 1930. The molecule has 0 spiro atoms. The molecule has 0 fully saturated rings. The maximum absolute atomic E-state index is 13.4. The van der Waals surface area contributed by atoms with Gasteiger partial charge in [-0.3, -0.25) is 0 Å². The van der Waals surface area contributed by atoms with E-state index in [1.165, 1.54) is 24.3 Å². The monoisotopic (exact) mass is 768 g/mol. The Hall–Kier alpha value is -6.34.